The number of nitrogens with one attached hydrogen (secondary N) is 1. The van der Waals surface area contributed by atoms with Gasteiger partial charge in [-0.25, -0.2) is 4.98 Å². The average Bonchev–Trinajstić information content (AvgIpc) is 2.50. The van der Waals surface area contributed by atoms with Crippen molar-refractivity contribution in [3.8, 4) is 11.5 Å². The first-order chi connectivity index (χ1) is 10.1. The minimum Gasteiger partial charge on any atom is -0.493 e. The maximum atomic E-state index is 5.57. The zero-order valence-electron chi connectivity index (χ0n) is 11.9. The lowest BCUT2D eigenvalue weighted by atomic mass is 10.1. The zero-order valence-corrected chi connectivity index (χ0v) is 13.5. The SMILES string of the molecule is COc1ccc(CCNc2nc(N)ncc2Br)cc1OC. The Balaban J connectivity index is 1.98. The number of nitrogen functional groups attached to an aromatic ring is 1. The second-order valence-corrected chi connectivity index (χ2v) is 5.15. The number of aromatic nitrogens is 2. The van der Waals surface area contributed by atoms with Crippen molar-refractivity contribution in [3.63, 3.8) is 0 Å². The van der Waals surface area contributed by atoms with Gasteiger partial charge in [0.15, 0.2) is 11.5 Å². The number of ether oxygens (including phenoxy) is 2. The van der Waals surface area contributed by atoms with Gasteiger partial charge in [0.05, 0.1) is 18.7 Å². The molecule has 0 atom stereocenters. The summed E-state index contributed by atoms with van der Waals surface area (Å²) in [6.45, 7) is 0.713. The molecule has 0 amide bonds. The van der Waals surface area contributed by atoms with Crippen molar-refractivity contribution in [2.24, 2.45) is 0 Å². The second kappa shape index (κ2) is 7.12. The van der Waals surface area contributed by atoms with Crippen LogP contribution in [0.3, 0.4) is 0 Å². The summed E-state index contributed by atoms with van der Waals surface area (Å²) in [5.41, 5.74) is 6.70. The first-order valence-electron chi connectivity index (χ1n) is 6.37. The third kappa shape index (κ3) is 3.98. The molecule has 3 N–H and O–H groups in total. The number of benzene rings is 1. The Morgan fingerprint density at radius 2 is 2.00 bits per heavy atom. The molecular weight excluding hydrogens is 336 g/mol. The van der Waals surface area contributed by atoms with Crippen molar-refractivity contribution in [1.82, 2.24) is 9.97 Å². The lowest BCUT2D eigenvalue weighted by Crippen LogP contribution is -2.08. The molecule has 0 bridgehead atoms. The average molecular weight is 353 g/mol. The smallest absolute Gasteiger partial charge is 0.221 e. The minimum atomic E-state index is 0.242. The van der Waals surface area contributed by atoms with Gasteiger partial charge in [-0.05, 0) is 40.0 Å². The van der Waals surface area contributed by atoms with Gasteiger partial charge < -0.3 is 20.5 Å². The van der Waals surface area contributed by atoms with Crippen LogP contribution in [0, 0.1) is 0 Å². The Labute approximate surface area is 131 Å². The molecule has 0 aliphatic heterocycles. The highest BCUT2D eigenvalue weighted by Crippen LogP contribution is 2.27. The number of rotatable bonds is 6. The van der Waals surface area contributed by atoms with Gasteiger partial charge in [-0.3, -0.25) is 0 Å². The lowest BCUT2D eigenvalue weighted by Gasteiger charge is -2.11. The highest BCUT2D eigenvalue weighted by atomic mass is 79.9. The summed E-state index contributed by atoms with van der Waals surface area (Å²) >= 11 is 3.38. The first-order valence-corrected chi connectivity index (χ1v) is 7.16. The molecule has 0 unspecified atom stereocenters. The topological polar surface area (TPSA) is 82.3 Å². The standard InChI is InChI=1S/C14H17BrN4O2/c1-20-11-4-3-9(7-12(11)21-2)5-6-17-13-10(15)8-18-14(16)19-13/h3-4,7-8H,5-6H2,1-2H3,(H3,16,17,18,19). The van der Waals surface area contributed by atoms with E-state index in [1.165, 1.54) is 0 Å². The van der Waals surface area contributed by atoms with Crippen LogP contribution in [0.1, 0.15) is 5.56 Å². The van der Waals surface area contributed by atoms with Crippen molar-refractivity contribution in [3.05, 3.63) is 34.4 Å². The predicted molar refractivity (Wildman–Crippen MR) is 85.9 cm³/mol. The van der Waals surface area contributed by atoms with Crippen LogP contribution >= 0.6 is 15.9 Å². The minimum absolute atomic E-state index is 0.242. The van der Waals surface area contributed by atoms with Crippen molar-refractivity contribution in [2.45, 2.75) is 6.42 Å². The van der Waals surface area contributed by atoms with E-state index in [1.807, 2.05) is 18.2 Å². The largest absolute Gasteiger partial charge is 0.493 e. The van der Waals surface area contributed by atoms with E-state index in [0.717, 1.165) is 28.0 Å². The summed E-state index contributed by atoms with van der Waals surface area (Å²) in [6.07, 6.45) is 2.44. The van der Waals surface area contributed by atoms with Crippen molar-refractivity contribution in [1.29, 1.82) is 0 Å². The summed E-state index contributed by atoms with van der Waals surface area (Å²) in [6, 6.07) is 5.86. The van der Waals surface area contributed by atoms with E-state index >= 15 is 0 Å². The molecule has 2 aromatic rings. The number of halogens is 1. The van der Waals surface area contributed by atoms with E-state index in [4.69, 9.17) is 15.2 Å². The predicted octanol–water partition coefficient (Wildman–Crippen LogP) is 2.49. The van der Waals surface area contributed by atoms with Crippen LogP contribution in [0.2, 0.25) is 0 Å². The number of anilines is 2. The zero-order chi connectivity index (χ0) is 15.2. The molecule has 1 aromatic heterocycles. The van der Waals surface area contributed by atoms with Crippen LogP contribution in [0.5, 0.6) is 11.5 Å². The number of nitrogens with zero attached hydrogens (tertiary/aromatic N) is 2. The Morgan fingerprint density at radius 3 is 2.71 bits per heavy atom. The summed E-state index contributed by atoms with van der Waals surface area (Å²) < 4.78 is 11.3. The van der Waals surface area contributed by atoms with Crippen LogP contribution in [-0.2, 0) is 6.42 Å². The summed E-state index contributed by atoms with van der Waals surface area (Å²) in [7, 11) is 3.25. The van der Waals surface area contributed by atoms with E-state index < -0.39 is 0 Å². The Morgan fingerprint density at radius 1 is 1.24 bits per heavy atom. The summed E-state index contributed by atoms with van der Waals surface area (Å²) in [5.74, 6) is 2.37. The highest BCUT2D eigenvalue weighted by Gasteiger charge is 2.06. The van der Waals surface area contributed by atoms with E-state index in [9.17, 15) is 0 Å². The molecule has 0 saturated heterocycles. The van der Waals surface area contributed by atoms with E-state index in [2.05, 4.69) is 31.2 Å². The van der Waals surface area contributed by atoms with E-state index in [-0.39, 0.29) is 5.95 Å². The molecule has 1 aromatic carbocycles. The van der Waals surface area contributed by atoms with Crippen LogP contribution in [-0.4, -0.2) is 30.7 Å². The fraction of sp³-hybridized carbons (Fsp3) is 0.286. The Bertz CT molecular complexity index is 622. The fourth-order valence-electron chi connectivity index (χ4n) is 1.87. The van der Waals surface area contributed by atoms with E-state index in [1.54, 1.807) is 20.4 Å². The van der Waals surface area contributed by atoms with Crippen LogP contribution in [0.15, 0.2) is 28.9 Å². The highest BCUT2D eigenvalue weighted by molar-refractivity contribution is 9.10. The maximum absolute atomic E-state index is 5.57. The van der Waals surface area contributed by atoms with Crippen LogP contribution in [0.4, 0.5) is 11.8 Å². The molecule has 1 heterocycles. The number of hydrogen-bond acceptors (Lipinski definition) is 6. The molecule has 0 fully saturated rings. The number of nitrogens with two attached hydrogens (primary N) is 1. The van der Waals surface area contributed by atoms with Gasteiger partial charge in [0.1, 0.15) is 5.82 Å². The third-order valence-electron chi connectivity index (χ3n) is 2.92. The molecule has 0 spiro atoms. The van der Waals surface area contributed by atoms with Crippen LogP contribution < -0.4 is 20.5 Å². The van der Waals surface area contributed by atoms with Gasteiger partial charge in [0.25, 0.3) is 0 Å². The van der Waals surface area contributed by atoms with Gasteiger partial charge in [-0.15, -0.1) is 0 Å². The lowest BCUT2D eigenvalue weighted by molar-refractivity contribution is 0.354. The summed E-state index contributed by atoms with van der Waals surface area (Å²) in [4.78, 5) is 8.03. The van der Waals surface area contributed by atoms with Gasteiger partial charge in [0.2, 0.25) is 5.95 Å². The van der Waals surface area contributed by atoms with Gasteiger partial charge in [-0.2, -0.15) is 4.98 Å². The molecular formula is C14H17BrN4O2. The summed E-state index contributed by atoms with van der Waals surface area (Å²) in [5, 5.41) is 3.22. The Hall–Kier alpha value is -2.02. The first kappa shape index (κ1) is 15.4. The van der Waals surface area contributed by atoms with Crippen molar-refractivity contribution in [2.75, 3.05) is 31.8 Å². The van der Waals surface area contributed by atoms with Crippen LogP contribution in [0.25, 0.3) is 0 Å². The van der Waals surface area contributed by atoms with Crippen molar-refractivity contribution < 1.29 is 9.47 Å². The molecule has 21 heavy (non-hydrogen) atoms. The molecule has 0 aliphatic rings. The van der Waals surface area contributed by atoms with E-state index in [0.29, 0.717) is 12.4 Å². The quantitative estimate of drug-likeness (QED) is 0.830. The second-order valence-electron chi connectivity index (χ2n) is 4.29. The number of methoxy groups -OCH3 is 2. The fourth-order valence-corrected chi connectivity index (χ4v) is 2.20. The molecule has 0 radical (unpaired) electrons. The van der Waals surface area contributed by atoms with Crippen molar-refractivity contribution >= 4 is 27.7 Å². The maximum Gasteiger partial charge on any atom is 0.221 e. The monoisotopic (exact) mass is 352 g/mol. The van der Waals surface area contributed by atoms with Gasteiger partial charge >= 0.3 is 0 Å². The Kier molecular flexibility index (Phi) is 5.21. The molecule has 6 nitrogen and oxygen atoms in total. The molecule has 112 valence electrons. The van der Waals surface area contributed by atoms with Gasteiger partial charge in [0, 0.05) is 12.7 Å². The van der Waals surface area contributed by atoms with Gasteiger partial charge in [-0.1, -0.05) is 6.07 Å². The normalized spacial score (nSPS) is 10.2. The molecule has 7 heteroatoms. The third-order valence-corrected chi connectivity index (χ3v) is 3.50. The molecule has 0 aliphatic carbocycles. The molecule has 0 saturated carbocycles. The number of hydrogen-bond donors (Lipinski definition) is 2. The molecule has 2 rings (SSSR count).